The zero-order chi connectivity index (χ0) is 12.1. The third kappa shape index (κ3) is 2.82. The molecule has 0 bridgehead atoms. The molecule has 0 aliphatic rings. The predicted molar refractivity (Wildman–Crippen MR) is 57.4 cm³/mol. The fourth-order valence-electron chi connectivity index (χ4n) is 1.12. The Morgan fingerprint density at radius 1 is 1.50 bits per heavy atom. The molecule has 1 rings (SSSR count). The lowest BCUT2D eigenvalue weighted by Gasteiger charge is -2.13. The van der Waals surface area contributed by atoms with Crippen LogP contribution < -0.4 is 11.1 Å². The monoisotopic (exact) mass is 229 g/mol. The molecular weight excluding hydrogens is 216 g/mol. The van der Waals surface area contributed by atoms with Gasteiger partial charge in [0.25, 0.3) is 0 Å². The zero-order valence-electron chi connectivity index (χ0n) is 8.74. The predicted octanol–water partition coefficient (Wildman–Crippen LogP) is 1.76. The van der Waals surface area contributed by atoms with Gasteiger partial charge in [0.05, 0.1) is 0 Å². The Morgan fingerprint density at radius 2 is 2.06 bits per heavy atom. The maximum absolute atomic E-state index is 13.2. The number of anilines is 1. The van der Waals surface area contributed by atoms with E-state index in [-0.39, 0.29) is 24.0 Å². The lowest BCUT2D eigenvalue weighted by molar-refractivity contribution is 0.315. The Hall–Kier alpha value is -1.85. The molecule has 16 heavy (non-hydrogen) atoms. The van der Waals surface area contributed by atoms with Crippen LogP contribution in [0.2, 0.25) is 0 Å². The number of nitrogens with one attached hydrogen (secondary N) is 1. The molecule has 0 fully saturated rings. The van der Waals surface area contributed by atoms with Crippen LogP contribution in [0.15, 0.2) is 23.4 Å². The lowest BCUT2D eigenvalue weighted by Crippen LogP contribution is -2.27. The number of hydrogen-bond donors (Lipinski definition) is 3. The van der Waals surface area contributed by atoms with Crippen molar-refractivity contribution in [2.75, 3.05) is 11.9 Å². The number of halogens is 2. The van der Waals surface area contributed by atoms with Gasteiger partial charge in [-0.2, -0.15) is 0 Å². The van der Waals surface area contributed by atoms with Crippen molar-refractivity contribution in [2.45, 2.75) is 6.92 Å². The van der Waals surface area contributed by atoms with Gasteiger partial charge in [-0.3, -0.25) is 0 Å². The average Bonchev–Trinajstić information content (AvgIpc) is 2.27. The molecule has 4 N–H and O–H groups in total. The summed E-state index contributed by atoms with van der Waals surface area (Å²) >= 11 is 0. The third-order valence-electron chi connectivity index (χ3n) is 2.17. The highest BCUT2D eigenvalue weighted by Gasteiger charge is 2.11. The van der Waals surface area contributed by atoms with Gasteiger partial charge < -0.3 is 16.3 Å². The second-order valence-corrected chi connectivity index (χ2v) is 3.40. The van der Waals surface area contributed by atoms with Crippen LogP contribution in [0.5, 0.6) is 0 Å². The van der Waals surface area contributed by atoms with E-state index in [0.29, 0.717) is 0 Å². The molecule has 1 atom stereocenters. The minimum absolute atomic E-state index is 0.00393. The van der Waals surface area contributed by atoms with Crippen molar-refractivity contribution in [1.82, 2.24) is 0 Å². The van der Waals surface area contributed by atoms with Crippen LogP contribution in [0.3, 0.4) is 0 Å². The summed E-state index contributed by atoms with van der Waals surface area (Å²) in [6.45, 7) is 1.84. The smallest absolute Gasteiger partial charge is 0.149 e. The Morgan fingerprint density at radius 3 is 2.56 bits per heavy atom. The molecule has 0 aliphatic heterocycles. The molecule has 4 nitrogen and oxygen atoms in total. The van der Waals surface area contributed by atoms with Crippen molar-refractivity contribution in [2.24, 2.45) is 16.8 Å². The maximum atomic E-state index is 13.2. The van der Waals surface area contributed by atoms with Crippen LogP contribution in [0.25, 0.3) is 0 Å². The Labute approximate surface area is 91.8 Å². The summed E-state index contributed by atoms with van der Waals surface area (Å²) in [7, 11) is 0. The van der Waals surface area contributed by atoms with Gasteiger partial charge in [0, 0.05) is 12.5 Å². The van der Waals surface area contributed by atoms with Gasteiger partial charge in [-0.05, 0) is 12.1 Å². The summed E-state index contributed by atoms with van der Waals surface area (Å²) in [6.07, 6.45) is 0. The van der Waals surface area contributed by atoms with E-state index in [1.165, 1.54) is 6.07 Å². The van der Waals surface area contributed by atoms with Crippen molar-refractivity contribution < 1.29 is 14.0 Å². The van der Waals surface area contributed by atoms with E-state index in [1.54, 1.807) is 6.92 Å². The first kappa shape index (κ1) is 12.2. The molecule has 0 saturated heterocycles. The van der Waals surface area contributed by atoms with Gasteiger partial charge >= 0.3 is 0 Å². The number of benzene rings is 1. The summed E-state index contributed by atoms with van der Waals surface area (Å²) in [5.41, 5.74) is 5.12. The Balaban J connectivity index is 2.68. The molecule has 6 heteroatoms. The minimum Gasteiger partial charge on any atom is -0.409 e. The molecule has 0 amide bonds. The molecule has 0 aliphatic carbocycles. The van der Waals surface area contributed by atoms with Gasteiger partial charge in [0.1, 0.15) is 23.2 Å². The van der Waals surface area contributed by atoms with Crippen LogP contribution >= 0.6 is 0 Å². The number of rotatable bonds is 4. The summed E-state index contributed by atoms with van der Waals surface area (Å²) in [4.78, 5) is 0. The first-order chi connectivity index (χ1) is 7.56. The average molecular weight is 229 g/mol. The molecule has 0 radical (unpaired) electrons. The molecule has 88 valence electrons. The molecule has 0 saturated carbocycles. The first-order valence-corrected chi connectivity index (χ1v) is 4.71. The van der Waals surface area contributed by atoms with Crippen molar-refractivity contribution in [3.8, 4) is 0 Å². The van der Waals surface area contributed by atoms with E-state index in [0.717, 1.165) is 12.1 Å². The molecule has 1 aromatic carbocycles. The highest BCUT2D eigenvalue weighted by molar-refractivity contribution is 5.82. The SMILES string of the molecule is CC(CNc1c(F)cccc1F)C(N)=NO. The van der Waals surface area contributed by atoms with Crippen LogP contribution in [-0.2, 0) is 0 Å². The fraction of sp³-hybridized carbons (Fsp3) is 0.300. The van der Waals surface area contributed by atoms with E-state index in [9.17, 15) is 8.78 Å². The van der Waals surface area contributed by atoms with Crippen LogP contribution in [0, 0.1) is 17.6 Å². The topological polar surface area (TPSA) is 70.6 Å². The van der Waals surface area contributed by atoms with E-state index in [1.807, 2.05) is 0 Å². The van der Waals surface area contributed by atoms with Gasteiger partial charge in [0.2, 0.25) is 0 Å². The van der Waals surface area contributed by atoms with Crippen LogP contribution in [0.4, 0.5) is 14.5 Å². The van der Waals surface area contributed by atoms with Crippen molar-refractivity contribution in [1.29, 1.82) is 0 Å². The highest BCUT2D eigenvalue weighted by Crippen LogP contribution is 2.18. The van der Waals surface area contributed by atoms with Crippen molar-refractivity contribution in [3.63, 3.8) is 0 Å². The van der Waals surface area contributed by atoms with Crippen LogP contribution in [-0.4, -0.2) is 17.6 Å². The van der Waals surface area contributed by atoms with E-state index in [4.69, 9.17) is 10.9 Å². The quantitative estimate of drug-likeness (QED) is 0.319. The normalized spacial score (nSPS) is 13.6. The second kappa shape index (κ2) is 5.29. The minimum atomic E-state index is -0.674. The molecule has 0 spiro atoms. The Bertz CT molecular complexity index is 375. The van der Waals surface area contributed by atoms with Gasteiger partial charge in [-0.15, -0.1) is 0 Å². The molecule has 1 aromatic rings. The molecular formula is C10H13F2N3O. The van der Waals surface area contributed by atoms with E-state index < -0.39 is 11.6 Å². The highest BCUT2D eigenvalue weighted by atomic mass is 19.1. The molecule has 1 unspecified atom stereocenters. The van der Waals surface area contributed by atoms with Gasteiger partial charge in [-0.1, -0.05) is 18.1 Å². The van der Waals surface area contributed by atoms with E-state index in [2.05, 4.69) is 10.5 Å². The number of nitrogens with zero attached hydrogens (tertiary/aromatic N) is 1. The fourth-order valence-corrected chi connectivity index (χ4v) is 1.12. The maximum Gasteiger partial charge on any atom is 0.149 e. The third-order valence-corrected chi connectivity index (χ3v) is 2.17. The standard InChI is InChI=1S/C10H13F2N3O/c1-6(10(13)15-16)5-14-9-7(11)3-2-4-8(9)12/h2-4,6,14,16H,5H2,1H3,(H2,13,15). The Kier molecular flexibility index (Phi) is 4.04. The summed E-state index contributed by atoms with van der Waals surface area (Å²) < 4.78 is 26.3. The largest absolute Gasteiger partial charge is 0.409 e. The van der Waals surface area contributed by atoms with Gasteiger partial charge in [0.15, 0.2) is 0 Å². The first-order valence-electron chi connectivity index (χ1n) is 4.71. The number of hydrogen-bond acceptors (Lipinski definition) is 3. The molecule has 0 heterocycles. The van der Waals surface area contributed by atoms with E-state index >= 15 is 0 Å². The second-order valence-electron chi connectivity index (χ2n) is 3.40. The zero-order valence-corrected chi connectivity index (χ0v) is 8.74. The summed E-state index contributed by atoms with van der Waals surface area (Å²) in [5.74, 6) is -1.67. The number of para-hydroxylation sites is 1. The summed E-state index contributed by atoms with van der Waals surface area (Å²) in [6, 6.07) is 3.59. The summed E-state index contributed by atoms with van der Waals surface area (Å²) in [5, 5.41) is 13.8. The number of oxime groups is 1. The number of amidine groups is 1. The van der Waals surface area contributed by atoms with Crippen LogP contribution in [0.1, 0.15) is 6.92 Å². The number of nitrogens with two attached hydrogens (primary N) is 1. The van der Waals surface area contributed by atoms with Gasteiger partial charge in [-0.25, -0.2) is 8.78 Å². The van der Waals surface area contributed by atoms with Crippen molar-refractivity contribution in [3.05, 3.63) is 29.8 Å². The lowest BCUT2D eigenvalue weighted by atomic mass is 10.1. The molecule has 0 aromatic heterocycles. The van der Waals surface area contributed by atoms with Crippen molar-refractivity contribution >= 4 is 11.5 Å².